The topological polar surface area (TPSA) is 103 Å². The average molecular weight is 355 g/mol. The quantitative estimate of drug-likeness (QED) is 0.826. The van der Waals surface area contributed by atoms with E-state index in [1.54, 1.807) is 12.1 Å². The largest absolute Gasteiger partial charge is 0.490 e. The number of hydrogen-bond donors (Lipinski definition) is 2. The maximum absolute atomic E-state index is 11.4. The van der Waals surface area contributed by atoms with Crippen molar-refractivity contribution in [3.63, 3.8) is 0 Å². The Morgan fingerprint density at radius 1 is 1.24 bits per heavy atom. The van der Waals surface area contributed by atoms with Crippen molar-refractivity contribution in [2.45, 2.75) is 13.8 Å². The van der Waals surface area contributed by atoms with Gasteiger partial charge in [-0.3, -0.25) is 4.79 Å². The molecule has 0 saturated carbocycles. The van der Waals surface area contributed by atoms with Crippen molar-refractivity contribution < 1.29 is 14.3 Å². The molecule has 0 aliphatic carbocycles. The molecule has 0 radical (unpaired) electrons. The normalized spacial score (nSPS) is 10.4. The molecule has 2 rings (SSSR count). The fraction of sp³-hybridized carbons (Fsp3) is 0.308. The van der Waals surface area contributed by atoms with Crippen LogP contribution in [0.1, 0.15) is 24.3 Å². The Morgan fingerprint density at radius 3 is 2.43 bits per heavy atom. The van der Waals surface area contributed by atoms with Crippen LogP contribution < -0.4 is 15.2 Å². The molecule has 1 aromatic carbocycles. The number of primary amides is 1. The SMILES string of the molecule is CCOc1cc(Br)c(-c2n[nH]nc2C(N)=O)cc1OCC. The second-order valence-corrected chi connectivity index (χ2v) is 4.88. The molecule has 0 aliphatic rings. The lowest BCUT2D eigenvalue weighted by atomic mass is 10.1. The van der Waals surface area contributed by atoms with Crippen LogP contribution in [0.5, 0.6) is 11.5 Å². The third-order valence-corrected chi connectivity index (χ3v) is 3.33. The Balaban J connectivity index is 2.55. The Labute approximate surface area is 129 Å². The molecule has 3 N–H and O–H groups in total. The second-order valence-electron chi connectivity index (χ2n) is 4.03. The van der Waals surface area contributed by atoms with E-state index in [2.05, 4.69) is 31.3 Å². The average Bonchev–Trinajstić information content (AvgIpc) is 2.91. The number of carbonyl (C=O) groups excluding carboxylic acids is 1. The van der Waals surface area contributed by atoms with Gasteiger partial charge in [-0.05, 0) is 41.9 Å². The fourth-order valence-electron chi connectivity index (χ4n) is 1.84. The Morgan fingerprint density at radius 2 is 1.86 bits per heavy atom. The van der Waals surface area contributed by atoms with E-state index >= 15 is 0 Å². The number of hydrogen-bond acceptors (Lipinski definition) is 5. The molecule has 8 heteroatoms. The summed E-state index contributed by atoms with van der Waals surface area (Å²) in [6.45, 7) is 4.77. The van der Waals surface area contributed by atoms with E-state index in [0.29, 0.717) is 40.4 Å². The standard InChI is InChI=1S/C13H15BrN4O3/c1-3-20-9-5-7(8(14)6-10(9)21-4-2)11-12(13(15)19)17-18-16-11/h5-6H,3-4H2,1-2H3,(H2,15,19)(H,16,17,18). The molecule has 0 unspecified atom stereocenters. The third kappa shape index (κ3) is 3.15. The number of nitrogens with one attached hydrogen (secondary N) is 1. The van der Waals surface area contributed by atoms with Crippen molar-refractivity contribution in [1.29, 1.82) is 0 Å². The van der Waals surface area contributed by atoms with Crippen molar-refractivity contribution in [1.82, 2.24) is 15.4 Å². The first-order valence-corrected chi connectivity index (χ1v) is 7.17. The van der Waals surface area contributed by atoms with Crippen LogP contribution in [0.25, 0.3) is 11.3 Å². The summed E-state index contributed by atoms with van der Waals surface area (Å²) in [5, 5.41) is 10.1. The van der Waals surface area contributed by atoms with Gasteiger partial charge in [-0.15, -0.1) is 0 Å². The van der Waals surface area contributed by atoms with Gasteiger partial charge in [0.05, 0.1) is 13.2 Å². The van der Waals surface area contributed by atoms with Crippen molar-refractivity contribution in [2.75, 3.05) is 13.2 Å². The monoisotopic (exact) mass is 354 g/mol. The van der Waals surface area contributed by atoms with Crippen LogP contribution in [-0.2, 0) is 0 Å². The van der Waals surface area contributed by atoms with Crippen molar-refractivity contribution in [2.24, 2.45) is 5.73 Å². The van der Waals surface area contributed by atoms with Crippen LogP contribution in [0.2, 0.25) is 0 Å². The summed E-state index contributed by atoms with van der Waals surface area (Å²) < 4.78 is 11.8. The van der Waals surface area contributed by atoms with Crippen LogP contribution in [0.4, 0.5) is 0 Å². The van der Waals surface area contributed by atoms with E-state index in [1.165, 1.54) is 0 Å². The highest BCUT2D eigenvalue weighted by Gasteiger charge is 2.20. The molecule has 0 fully saturated rings. The Hall–Kier alpha value is -2.09. The number of halogens is 1. The highest BCUT2D eigenvalue weighted by Crippen LogP contribution is 2.38. The zero-order chi connectivity index (χ0) is 15.4. The lowest BCUT2D eigenvalue weighted by molar-refractivity contribution is 0.0996. The molecule has 112 valence electrons. The van der Waals surface area contributed by atoms with Crippen LogP contribution in [-0.4, -0.2) is 34.5 Å². The lowest BCUT2D eigenvalue weighted by Gasteiger charge is -2.13. The van der Waals surface area contributed by atoms with Crippen LogP contribution >= 0.6 is 15.9 Å². The Bertz CT molecular complexity index is 657. The molecule has 0 saturated heterocycles. The highest BCUT2D eigenvalue weighted by atomic mass is 79.9. The number of aromatic amines is 1. The smallest absolute Gasteiger partial charge is 0.271 e. The first kappa shape index (κ1) is 15.3. The van der Waals surface area contributed by atoms with Gasteiger partial charge in [-0.25, -0.2) is 0 Å². The summed E-state index contributed by atoms with van der Waals surface area (Å²) in [7, 11) is 0. The zero-order valence-corrected chi connectivity index (χ0v) is 13.2. The number of rotatable bonds is 6. The number of benzene rings is 1. The number of amides is 1. The van der Waals surface area contributed by atoms with E-state index < -0.39 is 5.91 Å². The summed E-state index contributed by atoms with van der Waals surface area (Å²) in [5.74, 6) is 0.521. The lowest BCUT2D eigenvalue weighted by Crippen LogP contribution is -2.13. The molecule has 1 heterocycles. The minimum atomic E-state index is -0.655. The van der Waals surface area contributed by atoms with Gasteiger partial charge in [0.15, 0.2) is 17.2 Å². The molecule has 1 amide bonds. The van der Waals surface area contributed by atoms with Crippen LogP contribution in [0, 0.1) is 0 Å². The maximum atomic E-state index is 11.4. The molecule has 21 heavy (non-hydrogen) atoms. The van der Waals surface area contributed by atoms with Crippen molar-refractivity contribution >= 4 is 21.8 Å². The van der Waals surface area contributed by atoms with E-state index in [-0.39, 0.29) is 5.69 Å². The van der Waals surface area contributed by atoms with E-state index in [4.69, 9.17) is 15.2 Å². The summed E-state index contributed by atoms with van der Waals surface area (Å²) >= 11 is 3.44. The van der Waals surface area contributed by atoms with Gasteiger partial charge in [0.25, 0.3) is 5.91 Å². The number of nitrogens with two attached hydrogens (primary N) is 1. The molecular weight excluding hydrogens is 340 g/mol. The molecule has 7 nitrogen and oxygen atoms in total. The van der Waals surface area contributed by atoms with Crippen molar-refractivity contribution in [3.05, 3.63) is 22.3 Å². The predicted molar refractivity (Wildman–Crippen MR) is 80.4 cm³/mol. The van der Waals surface area contributed by atoms with Crippen molar-refractivity contribution in [3.8, 4) is 22.8 Å². The maximum Gasteiger partial charge on any atom is 0.271 e. The molecule has 1 aromatic heterocycles. The summed E-state index contributed by atoms with van der Waals surface area (Å²) in [4.78, 5) is 11.4. The minimum absolute atomic E-state index is 0.0716. The van der Waals surface area contributed by atoms with Gasteiger partial charge < -0.3 is 15.2 Å². The molecule has 0 spiro atoms. The van der Waals surface area contributed by atoms with Gasteiger partial charge in [-0.2, -0.15) is 15.4 Å². The van der Waals surface area contributed by atoms with Gasteiger partial charge in [0, 0.05) is 10.0 Å². The van der Waals surface area contributed by atoms with Gasteiger partial charge in [0.1, 0.15) is 5.69 Å². The first-order chi connectivity index (χ1) is 10.1. The summed E-state index contributed by atoms with van der Waals surface area (Å²) in [6, 6.07) is 3.51. The molecule has 0 aliphatic heterocycles. The Kier molecular flexibility index (Phi) is 4.79. The third-order valence-electron chi connectivity index (χ3n) is 2.67. The molecule has 0 atom stereocenters. The van der Waals surface area contributed by atoms with Gasteiger partial charge >= 0.3 is 0 Å². The van der Waals surface area contributed by atoms with E-state index in [0.717, 1.165) is 0 Å². The molecule has 2 aromatic rings. The summed E-state index contributed by atoms with van der Waals surface area (Å²) in [6.07, 6.45) is 0. The summed E-state index contributed by atoms with van der Waals surface area (Å²) in [5.41, 5.74) is 6.36. The predicted octanol–water partition coefficient (Wildman–Crippen LogP) is 2.13. The first-order valence-electron chi connectivity index (χ1n) is 6.38. The van der Waals surface area contributed by atoms with Crippen LogP contribution in [0.15, 0.2) is 16.6 Å². The highest BCUT2D eigenvalue weighted by molar-refractivity contribution is 9.10. The van der Waals surface area contributed by atoms with Gasteiger partial charge in [0.2, 0.25) is 0 Å². The minimum Gasteiger partial charge on any atom is -0.490 e. The number of H-pyrrole nitrogens is 1. The number of ether oxygens (including phenoxy) is 2. The van der Waals surface area contributed by atoms with E-state index in [9.17, 15) is 4.79 Å². The van der Waals surface area contributed by atoms with E-state index in [1.807, 2.05) is 13.8 Å². The molecular formula is C13H15BrN4O3. The number of aromatic nitrogens is 3. The van der Waals surface area contributed by atoms with Gasteiger partial charge in [-0.1, -0.05) is 0 Å². The zero-order valence-electron chi connectivity index (χ0n) is 11.6. The second kappa shape index (κ2) is 6.57. The fourth-order valence-corrected chi connectivity index (χ4v) is 2.35. The number of nitrogens with zero attached hydrogens (tertiary/aromatic N) is 2. The molecule has 0 bridgehead atoms. The van der Waals surface area contributed by atoms with Crippen LogP contribution in [0.3, 0.4) is 0 Å². The number of carbonyl (C=O) groups is 1.